The van der Waals surface area contributed by atoms with Gasteiger partial charge in [0.1, 0.15) is 16.2 Å². The topological polar surface area (TPSA) is 93.6 Å². The Morgan fingerprint density at radius 3 is 2.68 bits per heavy atom. The molecular weight excluding hydrogens is 270 g/mol. The van der Waals surface area contributed by atoms with Gasteiger partial charge in [0.2, 0.25) is 0 Å². The van der Waals surface area contributed by atoms with Crippen LogP contribution in [0.25, 0.3) is 0 Å². The first-order chi connectivity index (χ1) is 8.66. The van der Waals surface area contributed by atoms with Gasteiger partial charge >= 0.3 is 5.97 Å². The number of fused-ring (bicyclic) bond motifs is 1. The molecule has 0 spiro atoms. The van der Waals surface area contributed by atoms with Crippen molar-refractivity contribution in [2.24, 2.45) is 0 Å². The Morgan fingerprint density at radius 1 is 1.53 bits per heavy atom. The van der Waals surface area contributed by atoms with Crippen molar-refractivity contribution < 1.29 is 23.1 Å². The number of aromatic nitrogens is 1. The second kappa shape index (κ2) is 4.19. The fraction of sp³-hybridized carbons (Fsp3) is 0.500. The highest BCUT2D eigenvalue weighted by atomic mass is 32.2. The highest BCUT2D eigenvalue weighted by molar-refractivity contribution is 7.91. The summed E-state index contributed by atoms with van der Waals surface area (Å²) in [7, 11) is -3.66. The number of ether oxygens (including phenoxy) is 1. The van der Waals surface area contributed by atoms with Gasteiger partial charge in [0.15, 0.2) is 15.5 Å². The minimum Gasteiger partial charge on any atom is -0.485 e. The van der Waals surface area contributed by atoms with Gasteiger partial charge in [0, 0.05) is 12.5 Å². The number of nitrogens with zero attached hydrogens (tertiary/aromatic N) is 1. The van der Waals surface area contributed by atoms with Crippen LogP contribution >= 0.6 is 0 Å². The Labute approximate surface area is 111 Å². The lowest BCUT2D eigenvalue weighted by Crippen LogP contribution is -2.24. The Morgan fingerprint density at radius 2 is 2.16 bits per heavy atom. The fourth-order valence-electron chi connectivity index (χ4n) is 2.01. The maximum absolute atomic E-state index is 11.9. The van der Waals surface area contributed by atoms with E-state index in [9.17, 15) is 13.2 Å². The van der Waals surface area contributed by atoms with Crippen molar-refractivity contribution in [3.05, 3.63) is 17.5 Å². The molecule has 0 saturated carbocycles. The first-order valence-corrected chi connectivity index (χ1v) is 7.50. The van der Waals surface area contributed by atoms with Crippen molar-refractivity contribution in [2.75, 3.05) is 5.75 Å². The Balaban J connectivity index is 2.67. The minimum absolute atomic E-state index is 0.183. The second-order valence-corrected chi connectivity index (χ2v) is 7.27. The van der Waals surface area contributed by atoms with Gasteiger partial charge in [-0.15, -0.1) is 0 Å². The Kier molecular flexibility index (Phi) is 3.04. The van der Waals surface area contributed by atoms with Crippen molar-refractivity contribution >= 4 is 15.8 Å². The summed E-state index contributed by atoms with van der Waals surface area (Å²) < 4.78 is 29.4. The molecule has 6 nitrogen and oxygen atoms in total. The predicted octanol–water partition coefficient (Wildman–Crippen LogP) is 1.29. The number of sulfone groups is 1. The summed E-state index contributed by atoms with van der Waals surface area (Å²) in [5, 5.41) is 9.12. The summed E-state index contributed by atoms with van der Waals surface area (Å²) in [4.78, 5) is 14.9. The third-order valence-corrected chi connectivity index (χ3v) is 4.67. The summed E-state index contributed by atoms with van der Waals surface area (Å²) in [5.41, 5.74) is -0.445. The van der Waals surface area contributed by atoms with Crippen LogP contribution in [0.3, 0.4) is 0 Å². The molecule has 1 N–H and O–H groups in total. The van der Waals surface area contributed by atoms with E-state index in [1.165, 1.54) is 13.0 Å². The van der Waals surface area contributed by atoms with Crippen LogP contribution < -0.4 is 4.74 Å². The van der Waals surface area contributed by atoms with E-state index >= 15 is 0 Å². The maximum Gasteiger partial charge on any atom is 0.355 e. The number of carbonyl (C=O) groups is 1. The van der Waals surface area contributed by atoms with Crippen LogP contribution in [-0.4, -0.2) is 35.8 Å². The number of carboxylic acids is 1. The number of carboxylic acid groups (broad SMARTS) is 1. The molecule has 1 aliphatic rings. The average molecular weight is 285 g/mol. The number of pyridine rings is 1. The first-order valence-electron chi connectivity index (χ1n) is 5.85. The summed E-state index contributed by atoms with van der Waals surface area (Å²) >= 11 is 0. The molecule has 0 radical (unpaired) electrons. The Hall–Kier alpha value is -1.63. The van der Waals surface area contributed by atoms with Crippen LogP contribution in [0, 0.1) is 0 Å². The lowest BCUT2D eigenvalue weighted by atomic mass is 10.1. The number of rotatable bonds is 3. The summed E-state index contributed by atoms with van der Waals surface area (Å²) in [6, 6.07) is 1.28. The molecule has 1 aromatic rings. The van der Waals surface area contributed by atoms with Gasteiger partial charge in [-0.25, -0.2) is 18.2 Å². The van der Waals surface area contributed by atoms with Gasteiger partial charge in [0.25, 0.3) is 0 Å². The molecule has 0 fully saturated rings. The fourth-order valence-corrected chi connectivity index (χ4v) is 3.04. The molecule has 0 aliphatic carbocycles. The van der Waals surface area contributed by atoms with Crippen molar-refractivity contribution in [1.29, 1.82) is 0 Å². The van der Waals surface area contributed by atoms with E-state index in [0.717, 1.165) is 0 Å². The van der Waals surface area contributed by atoms with Gasteiger partial charge in [-0.1, -0.05) is 6.92 Å². The van der Waals surface area contributed by atoms with Crippen LogP contribution in [0.15, 0.2) is 11.0 Å². The van der Waals surface area contributed by atoms with Crippen LogP contribution in [0.2, 0.25) is 0 Å². The molecular formula is C12H15NO5S. The van der Waals surface area contributed by atoms with Crippen LogP contribution in [0.4, 0.5) is 0 Å². The summed E-state index contributed by atoms with van der Waals surface area (Å²) in [5.74, 6) is -1.18. The zero-order valence-electron chi connectivity index (χ0n) is 10.9. The number of aromatic carboxylic acids is 1. The average Bonchev–Trinajstić information content (AvgIpc) is 2.60. The monoisotopic (exact) mass is 285 g/mol. The molecule has 1 aromatic heterocycles. The van der Waals surface area contributed by atoms with Crippen molar-refractivity contribution in [1.82, 2.24) is 4.98 Å². The molecule has 0 atom stereocenters. The zero-order valence-corrected chi connectivity index (χ0v) is 11.7. The maximum atomic E-state index is 11.9. The molecule has 0 aromatic carbocycles. The van der Waals surface area contributed by atoms with Gasteiger partial charge < -0.3 is 9.84 Å². The zero-order chi connectivity index (χ0) is 14.4. The molecule has 0 saturated heterocycles. The standard InChI is InChI=1S/C12H15NO5S/c1-4-19(16,17)9-5-8-7(6-12(2,3)18-8)13-10(9)11(14)15/h5H,4,6H2,1-3H3,(H,14,15). The largest absolute Gasteiger partial charge is 0.485 e. The first kappa shape index (κ1) is 13.8. The lowest BCUT2D eigenvalue weighted by molar-refractivity contribution is 0.0685. The van der Waals surface area contributed by atoms with E-state index in [0.29, 0.717) is 17.9 Å². The van der Waals surface area contributed by atoms with E-state index in [4.69, 9.17) is 9.84 Å². The highest BCUT2D eigenvalue weighted by Crippen LogP contribution is 2.36. The molecule has 0 amide bonds. The molecule has 1 aliphatic heterocycles. The predicted molar refractivity (Wildman–Crippen MR) is 67.3 cm³/mol. The molecule has 104 valence electrons. The normalized spacial score (nSPS) is 16.8. The van der Waals surface area contributed by atoms with E-state index in [2.05, 4.69) is 4.98 Å². The van der Waals surface area contributed by atoms with Crippen LogP contribution in [0.1, 0.15) is 37.0 Å². The molecule has 0 bridgehead atoms. The van der Waals surface area contributed by atoms with E-state index < -0.39 is 27.1 Å². The molecule has 19 heavy (non-hydrogen) atoms. The quantitative estimate of drug-likeness (QED) is 0.899. The van der Waals surface area contributed by atoms with Gasteiger partial charge in [-0.2, -0.15) is 0 Å². The lowest BCUT2D eigenvalue weighted by Gasteiger charge is -2.16. The third kappa shape index (κ3) is 2.42. The Bertz CT molecular complexity index is 648. The van der Waals surface area contributed by atoms with Gasteiger partial charge in [-0.3, -0.25) is 0 Å². The van der Waals surface area contributed by atoms with Gasteiger partial charge in [-0.05, 0) is 13.8 Å². The number of hydrogen-bond donors (Lipinski definition) is 1. The molecule has 2 heterocycles. The smallest absolute Gasteiger partial charge is 0.355 e. The molecule has 7 heteroatoms. The molecule has 0 unspecified atom stereocenters. The van der Waals surface area contributed by atoms with Gasteiger partial charge in [0.05, 0.1) is 11.4 Å². The van der Waals surface area contributed by atoms with Crippen LogP contribution in [0.5, 0.6) is 5.75 Å². The van der Waals surface area contributed by atoms with E-state index in [-0.39, 0.29) is 10.6 Å². The minimum atomic E-state index is -3.66. The van der Waals surface area contributed by atoms with E-state index in [1.807, 2.05) is 13.8 Å². The SMILES string of the molecule is CCS(=O)(=O)c1cc2c(nc1C(=O)O)CC(C)(C)O2. The van der Waals surface area contributed by atoms with Crippen molar-refractivity contribution in [3.63, 3.8) is 0 Å². The summed E-state index contributed by atoms with van der Waals surface area (Å²) in [6.45, 7) is 5.13. The van der Waals surface area contributed by atoms with Crippen molar-refractivity contribution in [2.45, 2.75) is 37.7 Å². The second-order valence-electron chi connectivity index (χ2n) is 5.03. The summed E-state index contributed by atoms with van der Waals surface area (Å²) in [6.07, 6.45) is 0.453. The van der Waals surface area contributed by atoms with Crippen molar-refractivity contribution in [3.8, 4) is 5.75 Å². The molecule has 2 rings (SSSR count). The van der Waals surface area contributed by atoms with Crippen LogP contribution in [-0.2, 0) is 16.3 Å². The highest BCUT2D eigenvalue weighted by Gasteiger charge is 2.35. The third-order valence-electron chi connectivity index (χ3n) is 2.92. The van der Waals surface area contributed by atoms with E-state index in [1.54, 1.807) is 0 Å². The number of hydrogen-bond acceptors (Lipinski definition) is 5.